The van der Waals surface area contributed by atoms with Gasteiger partial charge in [0.1, 0.15) is 5.82 Å². The van der Waals surface area contributed by atoms with Gasteiger partial charge in [0.2, 0.25) is 0 Å². The highest BCUT2D eigenvalue weighted by Crippen LogP contribution is 2.19. The molecule has 0 aliphatic rings. The predicted octanol–water partition coefficient (Wildman–Crippen LogP) is 4.63. The minimum absolute atomic E-state index is 0.0245. The molecule has 0 aliphatic heterocycles. The zero-order valence-corrected chi connectivity index (χ0v) is 16.6. The molecule has 2 rings (SSSR count). The summed E-state index contributed by atoms with van der Waals surface area (Å²) in [6.45, 7) is 5.08. The molecule has 0 heterocycles. The van der Waals surface area contributed by atoms with Crippen LogP contribution in [0.3, 0.4) is 0 Å². The number of amides is 1. The fourth-order valence-corrected chi connectivity index (χ4v) is 2.68. The van der Waals surface area contributed by atoms with E-state index < -0.39 is 23.8 Å². The minimum atomic E-state index is -1.14. The molecule has 0 radical (unpaired) electrons. The molecule has 0 saturated heterocycles. The number of ether oxygens (including phenoxy) is 1. The van der Waals surface area contributed by atoms with E-state index in [1.165, 1.54) is 19.1 Å². The smallest absolute Gasteiger partial charge is 0.307 e. The van der Waals surface area contributed by atoms with Gasteiger partial charge in [-0.15, -0.1) is 0 Å². The molecule has 0 aliphatic carbocycles. The molecule has 0 spiro atoms. The first-order valence-electron chi connectivity index (χ1n) is 8.73. The van der Waals surface area contributed by atoms with Crippen LogP contribution in [0.15, 0.2) is 36.4 Å². The van der Waals surface area contributed by atoms with Crippen LogP contribution in [-0.2, 0) is 14.3 Å². The molecule has 1 N–H and O–H groups in total. The van der Waals surface area contributed by atoms with Crippen molar-refractivity contribution in [3.8, 4) is 0 Å². The first-order valence-corrected chi connectivity index (χ1v) is 9.11. The van der Waals surface area contributed by atoms with Gasteiger partial charge in [-0.25, -0.2) is 4.39 Å². The van der Waals surface area contributed by atoms with Gasteiger partial charge >= 0.3 is 5.97 Å². The third-order valence-electron chi connectivity index (χ3n) is 4.12. The van der Waals surface area contributed by atoms with Crippen LogP contribution in [0, 0.1) is 19.7 Å². The van der Waals surface area contributed by atoms with Crippen molar-refractivity contribution in [2.75, 3.05) is 5.32 Å². The molecule has 1 atom stereocenters. The largest absolute Gasteiger partial charge is 0.453 e. The standard InChI is InChI=1S/C21H21ClFNO4/c1-12-4-5-13(2)16(10-12)19(25)8-9-20(26)28-14(3)21(27)24-18-7-6-15(22)11-17(18)23/h4-7,10-11,14H,8-9H2,1-3H3,(H,24,27)/t14-/m0/s1. The highest BCUT2D eigenvalue weighted by molar-refractivity contribution is 6.30. The Morgan fingerprint density at radius 3 is 2.50 bits per heavy atom. The van der Waals surface area contributed by atoms with Crippen LogP contribution in [0.25, 0.3) is 0 Å². The van der Waals surface area contributed by atoms with Crippen LogP contribution in [0.2, 0.25) is 5.02 Å². The summed E-state index contributed by atoms with van der Waals surface area (Å²) < 4.78 is 18.8. The minimum Gasteiger partial charge on any atom is -0.453 e. The number of Topliss-reactive ketones (excluding diaryl/α,β-unsaturated/α-hetero) is 1. The molecule has 0 aromatic heterocycles. The van der Waals surface area contributed by atoms with Crippen LogP contribution in [0.1, 0.15) is 41.3 Å². The molecule has 1 amide bonds. The van der Waals surface area contributed by atoms with Crippen LogP contribution in [-0.4, -0.2) is 23.8 Å². The predicted molar refractivity (Wildman–Crippen MR) is 105 cm³/mol. The molecule has 2 aromatic rings. The maximum Gasteiger partial charge on any atom is 0.307 e. The number of benzene rings is 2. The zero-order chi connectivity index (χ0) is 20.8. The Bertz CT molecular complexity index is 913. The maximum absolute atomic E-state index is 13.7. The van der Waals surface area contributed by atoms with E-state index in [0.29, 0.717) is 5.56 Å². The number of carbonyl (C=O) groups is 3. The maximum atomic E-state index is 13.7. The second-order valence-corrected chi connectivity index (χ2v) is 6.92. The molecule has 28 heavy (non-hydrogen) atoms. The van der Waals surface area contributed by atoms with Gasteiger partial charge < -0.3 is 10.1 Å². The van der Waals surface area contributed by atoms with E-state index in [-0.39, 0.29) is 29.3 Å². The molecule has 2 aromatic carbocycles. The topological polar surface area (TPSA) is 72.5 Å². The van der Waals surface area contributed by atoms with Crippen molar-refractivity contribution in [1.82, 2.24) is 0 Å². The van der Waals surface area contributed by atoms with Crippen molar-refractivity contribution in [2.24, 2.45) is 0 Å². The summed E-state index contributed by atoms with van der Waals surface area (Å²) in [5.74, 6) is -2.23. The lowest BCUT2D eigenvalue weighted by atomic mass is 9.99. The second-order valence-electron chi connectivity index (χ2n) is 6.49. The molecular weight excluding hydrogens is 385 g/mol. The van der Waals surface area contributed by atoms with Gasteiger partial charge in [0.25, 0.3) is 5.91 Å². The average Bonchev–Trinajstić information content (AvgIpc) is 2.63. The lowest BCUT2D eigenvalue weighted by molar-refractivity contribution is -0.153. The number of nitrogens with one attached hydrogen (secondary N) is 1. The molecular formula is C21H21ClFNO4. The molecule has 0 saturated carbocycles. The zero-order valence-electron chi connectivity index (χ0n) is 15.8. The summed E-state index contributed by atoms with van der Waals surface area (Å²) in [6.07, 6.45) is -1.32. The van der Waals surface area contributed by atoms with Crippen LogP contribution in [0.4, 0.5) is 10.1 Å². The van der Waals surface area contributed by atoms with E-state index >= 15 is 0 Å². The average molecular weight is 406 g/mol. The summed E-state index contributed by atoms with van der Waals surface area (Å²) in [6, 6.07) is 9.34. The molecule has 0 bridgehead atoms. The first-order chi connectivity index (χ1) is 13.2. The van der Waals surface area contributed by atoms with Gasteiger partial charge in [-0.1, -0.05) is 29.3 Å². The Labute approximate surface area is 167 Å². The van der Waals surface area contributed by atoms with E-state index in [9.17, 15) is 18.8 Å². The van der Waals surface area contributed by atoms with Gasteiger partial charge in [0.15, 0.2) is 11.9 Å². The summed E-state index contributed by atoms with van der Waals surface area (Å²) in [7, 11) is 0. The molecule has 148 valence electrons. The Balaban J connectivity index is 1.87. The summed E-state index contributed by atoms with van der Waals surface area (Å²) in [5, 5.41) is 2.53. The van der Waals surface area contributed by atoms with Gasteiger partial charge in [-0.3, -0.25) is 14.4 Å². The number of anilines is 1. The Morgan fingerprint density at radius 1 is 1.11 bits per heavy atom. The van der Waals surface area contributed by atoms with E-state index in [1.54, 1.807) is 6.07 Å². The highest BCUT2D eigenvalue weighted by atomic mass is 35.5. The molecule has 0 fully saturated rings. The number of rotatable bonds is 7. The van der Waals surface area contributed by atoms with Gasteiger partial charge in [0.05, 0.1) is 12.1 Å². The lowest BCUT2D eigenvalue weighted by Crippen LogP contribution is -2.30. The van der Waals surface area contributed by atoms with E-state index in [1.807, 2.05) is 26.0 Å². The molecule has 7 heteroatoms. The fraction of sp³-hybridized carbons (Fsp3) is 0.286. The van der Waals surface area contributed by atoms with Crippen molar-refractivity contribution < 1.29 is 23.5 Å². The van der Waals surface area contributed by atoms with Crippen molar-refractivity contribution in [1.29, 1.82) is 0 Å². The summed E-state index contributed by atoms with van der Waals surface area (Å²) in [5.41, 5.74) is 2.29. The summed E-state index contributed by atoms with van der Waals surface area (Å²) in [4.78, 5) is 36.3. The van der Waals surface area contributed by atoms with Crippen molar-refractivity contribution in [3.63, 3.8) is 0 Å². The molecule has 5 nitrogen and oxygen atoms in total. The first kappa shape index (κ1) is 21.6. The number of hydrogen-bond donors (Lipinski definition) is 1. The Hall–Kier alpha value is -2.73. The Kier molecular flexibility index (Phi) is 7.29. The Morgan fingerprint density at radius 2 is 1.82 bits per heavy atom. The van der Waals surface area contributed by atoms with Gasteiger partial charge in [-0.05, 0) is 50.6 Å². The normalized spacial score (nSPS) is 11.6. The number of aryl methyl sites for hydroxylation is 2. The number of esters is 1. The van der Waals surface area contributed by atoms with Crippen LogP contribution in [0.5, 0.6) is 0 Å². The number of ketones is 1. The highest BCUT2D eigenvalue weighted by Gasteiger charge is 2.20. The SMILES string of the molecule is Cc1ccc(C)c(C(=O)CCC(=O)O[C@@H](C)C(=O)Nc2ccc(Cl)cc2F)c1. The fourth-order valence-electron chi connectivity index (χ4n) is 2.52. The number of hydrogen-bond acceptors (Lipinski definition) is 4. The third kappa shape index (κ3) is 5.89. The number of carbonyl (C=O) groups excluding carboxylic acids is 3. The van der Waals surface area contributed by atoms with Crippen LogP contribution < -0.4 is 5.32 Å². The van der Waals surface area contributed by atoms with E-state index in [4.69, 9.17) is 16.3 Å². The second kappa shape index (κ2) is 9.46. The number of halogens is 2. The lowest BCUT2D eigenvalue weighted by Gasteiger charge is -2.14. The quantitative estimate of drug-likeness (QED) is 0.538. The van der Waals surface area contributed by atoms with Crippen molar-refractivity contribution in [2.45, 2.75) is 39.7 Å². The van der Waals surface area contributed by atoms with E-state index in [0.717, 1.165) is 17.2 Å². The van der Waals surface area contributed by atoms with Crippen LogP contribution >= 0.6 is 11.6 Å². The monoisotopic (exact) mass is 405 g/mol. The molecule has 0 unspecified atom stereocenters. The third-order valence-corrected chi connectivity index (χ3v) is 4.35. The van der Waals surface area contributed by atoms with E-state index in [2.05, 4.69) is 5.32 Å². The van der Waals surface area contributed by atoms with Crippen molar-refractivity contribution in [3.05, 3.63) is 63.9 Å². The summed E-state index contributed by atoms with van der Waals surface area (Å²) >= 11 is 5.66. The van der Waals surface area contributed by atoms with Gasteiger partial charge in [0, 0.05) is 17.0 Å². The van der Waals surface area contributed by atoms with Crippen molar-refractivity contribution >= 4 is 34.9 Å². The van der Waals surface area contributed by atoms with Gasteiger partial charge in [-0.2, -0.15) is 0 Å².